The third-order valence-electron chi connectivity index (χ3n) is 4.49. The minimum absolute atomic E-state index is 0.162. The van der Waals surface area contributed by atoms with Crippen molar-refractivity contribution in [2.75, 3.05) is 31.1 Å². The minimum atomic E-state index is -0.419. The molecule has 0 radical (unpaired) electrons. The van der Waals surface area contributed by atoms with Crippen LogP contribution in [0, 0.1) is 5.41 Å². The quantitative estimate of drug-likeness (QED) is 0.795. The van der Waals surface area contributed by atoms with Crippen molar-refractivity contribution in [3.05, 3.63) is 30.3 Å². The van der Waals surface area contributed by atoms with Crippen molar-refractivity contribution in [2.45, 2.75) is 39.2 Å². The number of ether oxygens (including phenoxy) is 1. The second-order valence-corrected chi connectivity index (χ2v) is 7.70. The van der Waals surface area contributed by atoms with Crippen molar-refractivity contribution in [3.8, 4) is 0 Å². The minimum Gasteiger partial charge on any atom is -0.444 e. The van der Waals surface area contributed by atoms with Crippen LogP contribution in [0.1, 0.15) is 33.6 Å². The number of nitrogens with zero attached hydrogens (tertiary/aromatic N) is 2. The van der Waals surface area contributed by atoms with Gasteiger partial charge in [0.1, 0.15) is 5.60 Å². The maximum atomic E-state index is 12.3. The lowest BCUT2D eigenvalue weighted by Gasteiger charge is -2.55. The molecule has 0 saturated carbocycles. The average molecular weight is 302 g/mol. The van der Waals surface area contributed by atoms with Gasteiger partial charge in [-0.3, -0.25) is 0 Å². The van der Waals surface area contributed by atoms with Gasteiger partial charge < -0.3 is 14.5 Å². The Balaban J connectivity index is 1.59. The second kappa shape index (κ2) is 5.49. The second-order valence-electron chi connectivity index (χ2n) is 7.70. The first-order chi connectivity index (χ1) is 10.4. The molecule has 1 amide bonds. The third kappa shape index (κ3) is 3.21. The molecule has 4 nitrogen and oxygen atoms in total. The Morgan fingerprint density at radius 2 is 1.82 bits per heavy atom. The van der Waals surface area contributed by atoms with Crippen molar-refractivity contribution in [2.24, 2.45) is 5.41 Å². The van der Waals surface area contributed by atoms with Gasteiger partial charge in [0.2, 0.25) is 0 Å². The SMILES string of the molecule is CC(C)(C)OC(=O)N1CCCC2(C1)CN(c1ccccc1)C2. The number of benzene rings is 1. The Morgan fingerprint density at radius 1 is 1.14 bits per heavy atom. The maximum absolute atomic E-state index is 12.3. The fourth-order valence-corrected chi connectivity index (χ4v) is 3.53. The number of hydrogen-bond acceptors (Lipinski definition) is 3. The molecule has 3 rings (SSSR count). The molecular weight excluding hydrogens is 276 g/mol. The Bertz CT molecular complexity index is 530. The van der Waals surface area contributed by atoms with Crippen LogP contribution in [-0.4, -0.2) is 42.8 Å². The maximum Gasteiger partial charge on any atom is 0.410 e. The van der Waals surface area contributed by atoms with Crippen molar-refractivity contribution in [3.63, 3.8) is 0 Å². The van der Waals surface area contributed by atoms with Crippen LogP contribution >= 0.6 is 0 Å². The zero-order chi connectivity index (χ0) is 15.8. The van der Waals surface area contributed by atoms with E-state index < -0.39 is 5.60 Å². The van der Waals surface area contributed by atoms with E-state index in [9.17, 15) is 4.79 Å². The Labute approximate surface area is 133 Å². The summed E-state index contributed by atoms with van der Waals surface area (Å²) in [5, 5.41) is 0. The highest BCUT2D eigenvalue weighted by Gasteiger charge is 2.47. The molecule has 0 aromatic heterocycles. The molecule has 2 heterocycles. The van der Waals surface area contributed by atoms with Gasteiger partial charge in [0, 0.05) is 37.3 Å². The molecule has 1 aromatic rings. The number of carbonyl (C=O) groups excluding carboxylic acids is 1. The number of amides is 1. The molecule has 1 spiro atoms. The molecule has 1 aromatic carbocycles. The van der Waals surface area contributed by atoms with E-state index in [1.165, 1.54) is 12.1 Å². The first-order valence-corrected chi connectivity index (χ1v) is 8.15. The highest BCUT2D eigenvalue weighted by Crippen LogP contribution is 2.41. The van der Waals surface area contributed by atoms with E-state index in [-0.39, 0.29) is 11.5 Å². The average Bonchev–Trinajstić information content (AvgIpc) is 2.44. The zero-order valence-corrected chi connectivity index (χ0v) is 13.8. The topological polar surface area (TPSA) is 32.8 Å². The number of carbonyl (C=O) groups is 1. The van der Waals surface area contributed by atoms with E-state index in [0.29, 0.717) is 0 Å². The third-order valence-corrected chi connectivity index (χ3v) is 4.49. The smallest absolute Gasteiger partial charge is 0.410 e. The predicted octanol–water partition coefficient (Wildman–Crippen LogP) is 3.52. The van der Waals surface area contributed by atoms with Crippen LogP contribution in [0.25, 0.3) is 0 Å². The van der Waals surface area contributed by atoms with Crippen molar-refractivity contribution in [1.29, 1.82) is 0 Å². The van der Waals surface area contributed by atoms with E-state index in [0.717, 1.165) is 32.6 Å². The molecule has 2 aliphatic heterocycles. The summed E-state index contributed by atoms with van der Waals surface area (Å²) in [6, 6.07) is 10.5. The number of piperidine rings is 1. The molecule has 2 saturated heterocycles. The molecule has 0 bridgehead atoms. The van der Waals surface area contributed by atoms with Gasteiger partial charge in [-0.25, -0.2) is 4.79 Å². The largest absolute Gasteiger partial charge is 0.444 e. The van der Waals surface area contributed by atoms with E-state index >= 15 is 0 Å². The van der Waals surface area contributed by atoms with Gasteiger partial charge in [-0.1, -0.05) is 18.2 Å². The van der Waals surface area contributed by atoms with Gasteiger partial charge in [0.25, 0.3) is 0 Å². The molecule has 2 aliphatic rings. The van der Waals surface area contributed by atoms with Gasteiger partial charge in [-0.2, -0.15) is 0 Å². The van der Waals surface area contributed by atoms with E-state index in [1.807, 2.05) is 31.7 Å². The summed E-state index contributed by atoms with van der Waals surface area (Å²) in [6.45, 7) is 9.49. The summed E-state index contributed by atoms with van der Waals surface area (Å²) < 4.78 is 5.52. The van der Waals surface area contributed by atoms with Crippen LogP contribution in [0.4, 0.5) is 10.5 Å². The fourth-order valence-electron chi connectivity index (χ4n) is 3.53. The van der Waals surface area contributed by atoms with Crippen molar-refractivity contribution >= 4 is 11.8 Å². The van der Waals surface area contributed by atoms with Gasteiger partial charge in [-0.15, -0.1) is 0 Å². The van der Waals surface area contributed by atoms with Crippen LogP contribution in [0.2, 0.25) is 0 Å². The van der Waals surface area contributed by atoms with E-state index in [1.54, 1.807) is 0 Å². The molecule has 0 N–H and O–H groups in total. The molecule has 0 unspecified atom stereocenters. The van der Waals surface area contributed by atoms with Gasteiger partial charge in [0.05, 0.1) is 0 Å². The van der Waals surface area contributed by atoms with Crippen LogP contribution in [0.15, 0.2) is 30.3 Å². The number of rotatable bonds is 1. The molecule has 0 aliphatic carbocycles. The van der Waals surface area contributed by atoms with Crippen LogP contribution < -0.4 is 4.90 Å². The summed E-state index contributed by atoms with van der Waals surface area (Å²) in [4.78, 5) is 16.6. The Morgan fingerprint density at radius 3 is 2.45 bits per heavy atom. The normalized spacial score (nSPS) is 20.7. The number of hydrogen-bond donors (Lipinski definition) is 0. The highest BCUT2D eigenvalue weighted by molar-refractivity contribution is 5.68. The lowest BCUT2D eigenvalue weighted by molar-refractivity contribution is -0.00145. The summed E-state index contributed by atoms with van der Waals surface area (Å²) >= 11 is 0. The van der Waals surface area contributed by atoms with Crippen LogP contribution in [0.5, 0.6) is 0 Å². The van der Waals surface area contributed by atoms with E-state index in [2.05, 4.69) is 29.2 Å². The number of para-hydroxylation sites is 1. The molecule has 0 atom stereocenters. The lowest BCUT2D eigenvalue weighted by atomic mass is 9.73. The summed E-state index contributed by atoms with van der Waals surface area (Å²) in [5.74, 6) is 0. The molecule has 2 fully saturated rings. The Kier molecular flexibility index (Phi) is 3.79. The summed E-state index contributed by atoms with van der Waals surface area (Å²) in [7, 11) is 0. The summed E-state index contributed by atoms with van der Waals surface area (Å²) in [6.07, 6.45) is 2.11. The van der Waals surface area contributed by atoms with Crippen molar-refractivity contribution in [1.82, 2.24) is 4.90 Å². The monoisotopic (exact) mass is 302 g/mol. The van der Waals surface area contributed by atoms with Crippen molar-refractivity contribution < 1.29 is 9.53 Å². The molecule has 4 heteroatoms. The van der Waals surface area contributed by atoms with Crippen LogP contribution in [-0.2, 0) is 4.74 Å². The standard InChI is InChI=1S/C18H26N2O2/c1-17(2,3)22-16(21)19-11-7-10-18(12-19)13-20(14-18)15-8-5-4-6-9-15/h4-6,8-9H,7,10-14H2,1-3H3. The van der Waals surface area contributed by atoms with Gasteiger partial charge >= 0.3 is 6.09 Å². The van der Waals surface area contributed by atoms with Gasteiger partial charge in [-0.05, 0) is 45.7 Å². The highest BCUT2D eigenvalue weighted by atomic mass is 16.6. The fraction of sp³-hybridized carbons (Fsp3) is 0.611. The molecule has 22 heavy (non-hydrogen) atoms. The Hall–Kier alpha value is -1.71. The van der Waals surface area contributed by atoms with Crippen LogP contribution in [0.3, 0.4) is 0 Å². The first-order valence-electron chi connectivity index (χ1n) is 8.15. The summed E-state index contributed by atoms with van der Waals surface area (Å²) in [5.41, 5.74) is 1.12. The zero-order valence-electron chi connectivity index (χ0n) is 13.8. The molecular formula is C18H26N2O2. The number of anilines is 1. The molecule has 120 valence electrons. The van der Waals surface area contributed by atoms with Gasteiger partial charge in [0.15, 0.2) is 0 Å². The first kappa shape index (κ1) is 15.2. The number of likely N-dealkylation sites (tertiary alicyclic amines) is 1. The predicted molar refractivity (Wildman–Crippen MR) is 88.1 cm³/mol. The van der Waals surface area contributed by atoms with E-state index in [4.69, 9.17) is 4.74 Å². The lowest BCUT2D eigenvalue weighted by Crippen LogP contribution is -2.64.